The highest BCUT2D eigenvalue weighted by Gasteiger charge is 2.39. The minimum atomic E-state index is 0.183. The molecule has 0 bridgehead atoms. The van der Waals surface area contributed by atoms with E-state index in [9.17, 15) is 4.79 Å². The fraction of sp³-hybridized carbons (Fsp3) is 0.533. The van der Waals surface area contributed by atoms with Gasteiger partial charge in [-0.25, -0.2) is 0 Å². The van der Waals surface area contributed by atoms with Crippen LogP contribution in [0.15, 0.2) is 24.3 Å². The number of hydrogen-bond acceptors (Lipinski definition) is 1. The van der Waals surface area contributed by atoms with Crippen LogP contribution < -0.4 is 0 Å². The SMILES string of the molecule is Cc1ccc(C(=O)C2CCCC2(C)C)cc1. The first kappa shape index (κ1) is 11.4. The Bertz CT molecular complexity index is 386. The molecule has 1 heteroatoms. The van der Waals surface area contributed by atoms with Crippen LogP contribution >= 0.6 is 0 Å². The summed E-state index contributed by atoms with van der Waals surface area (Å²) in [5.74, 6) is 0.553. The molecule has 0 spiro atoms. The van der Waals surface area contributed by atoms with Gasteiger partial charge in [-0.15, -0.1) is 0 Å². The van der Waals surface area contributed by atoms with Crippen LogP contribution in [0, 0.1) is 18.3 Å². The van der Waals surface area contributed by atoms with E-state index in [0.29, 0.717) is 5.78 Å². The molecule has 0 aliphatic heterocycles. The third kappa shape index (κ3) is 2.04. The van der Waals surface area contributed by atoms with Gasteiger partial charge in [-0.1, -0.05) is 50.1 Å². The second-order valence-corrected chi connectivity index (χ2v) is 5.66. The molecule has 16 heavy (non-hydrogen) atoms. The number of rotatable bonds is 2. The number of Topliss-reactive ketones (excluding diaryl/α,β-unsaturated/α-hetero) is 1. The topological polar surface area (TPSA) is 17.1 Å². The van der Waals surface area contributed by atoms with Crippen LogP contribution in [0.4, 0.5) is 0 Å². The van der Waals surface area contributed by atoms with Crippen molar-refractivity contribution in [3.63, 3.8) is 0 Å². The predicted octanol–water partition coefficient (Wildman–Crippen LogP) is 4.00. The lowest BCUT2D eigenvalue weighted by Crippen LogP contribution is -2.25. The molecule has 0 amide bonds. The zero-order valence-corrected chi connectivity index (χ0v) is 10.4. The number of benzene rings is 1. The zero-order chi connectivity index (χ0) is 11.8. The van der Waals surface area contributed by atoms with Crippen LogP contribution in [0.5, 0.6) is 0 Å². The van der Waals surface area contributed by atoms with E-state index in [0.717, 1.165) is 12.0 Å². The van der Waals surface area contributed by atoms with Crippen molar-refractivity contribution in [2.75, 3.05) is 0 Å². The van der Waals surface area contributed by atoms with E-state index in [2.05, 4.69) is 13.8 Å². The van der Waals surface area contributed by atoms with E-state index < -0.39 is 0 Å². The van der Waals surface area contributed by atoms with Crippen LogP contribution in [-0.2, 0) is 0 Å². The third-order valence-electron chi connectivity index (χ3n) is 3.91. The van der Waals surface area contributed by atoms with Crippen molar-refractivity contribution in [1.29, 1.82) is 0 Å². The Morgan fingerprint density at radius 1 is 1.25 bits per heavy atom. The van der Waals surface area contributed by atoms with Crippen molar-refractivity contribution >= 4 is 5.78 Å². The van der Waals surface area contributed by atoms with Crippen molar-refractivity contribution in [2.45, 2.75) is 40.0 Å². The summed E-state index contributed by atoms with van der Waals surface area (Å²) in [6.07, 6.45) is 3.42. The maximum atomic E-state index is 12.4. The van der Waals surface area contributed by atoms with Crippen LogP contribution in [0.25, 0.3) is 0 Å². The highest BCUT2D eigenvalue weighted by molar-refractivity contribution is 5.98. The summed E-state index contributed by atoms with van der Waals surface area (Å²) < 4.78 is 0. The summed E-state index contributed by atoms with van der Waals surface area (Å²) in [4.78, 5) is 12.4. The lowest BCUT2D eigenvalue weighted by Gasteiger charge is -2.25. The van der Waals surface area contributed by atoms with Crippen molar-refractivity contribution in [3.8, 4) is 0 Å². The van der Waals surface area contributed by atoms with E-state index in [-0.39, 0.29) is 11.3 Å². The van der Waals surface area contributed by atoms with Gasteiger partial charge in [-0.3, -0.25) is 4.79 Å². The Morgan fingerprint density at radius 3 is 2.38 bits per heavy atom. The molecule has 0 saturated heterocycles. The normalized spacial score (nSPS) is 23.3. The number of aryl methyl sites for hydroxylation is 1. The molecule has 1 aromatic carbocycles. The van der Waals surface area contributed by atoms with Crippen molar-refractivity contribution in [2.24, 2.45) is 11.3 Å². The van der Waals surface area contributed by atoms with Gasteiger partial charge in [0.1, 0.15) is 0 Å². The largest absolute Gasteiger partial charge is 0.294 e. The van der Waals surface area contributed by atoms with Crippen molar-refractivity contribution in [3.05, 3.63) is 35.4 Å². The fourth-order valence-corrected chi connectivity index (χ4v) is 2.73. The van der Waals surface area contributed by atoms with Gasteiger partial charge in [0.15, 0.2) is 5.78 Å². The van der Waals surface area contributed by atoms with Crippen LogP contribution in [0.1, 0.15) is 49.0 Å². The molecule has 1 aromatic rings. The van der Waals surface area contributed by atoms with Crippen LogP contribution in [0.3, 0.4) is 0 Å². The molecule has 0 radical (unpaired) electrons. The molecule has 0 N–H and O–H groups in total. The lowest BCUT2D eigenvalue weighted by molar-refractivity contribution is 0.0839. The molecular weight excluding hydrogens is 196 g/mol. The summed E-state index contributed by atoms with van der Waals surface area (Å²) in [7, 11) is 0. The molecule has 1 unspecified atom stereocenters. The summed E-state index contributed by atoms with van der Waals surface area (Å²) in [6, 6.07) is 7.97. The minimum absolute atomic E-state index is 0.183. The summed E-state index contributed by atoms with van der Waals surface area (Å²) in [5, 5.41) is 0. The van der Waals surface area contributed by atoms with Gasteiger partial charge in [0.2, 0.25) is 0 Å². The van der Waals surface area contributed by atoms with Gasteiger partial charge < -0.3 is 0 Å². The highest BCUT2D eigenvalue weighted by atomic mass is 16.1. The number of ketones is 1. The molecule has 2 rings (SSSR count). The Kier molecular flexibility index (Phi) is 2.88. The monoisotopic (exact) mass is 216 g/mol. The van der Waals surface area contributed by atoms with Gasteiger partial charge >= 0.3 is 0 Å². The van der Waals surface area contributed by atoms with E-state index in [1.165, 1.54) is 18.4 Å². The maximum absolute atomic E-state index is 12.4. The van der Waals surface area contributed by atoms with E-state index in [1.54, 1.807) is 0 Å². The highest BCUT2D eigenvalue weighted by Crippen LogP contribution is 2.44. The van der Waals surface area contributed by atoms with Gasteiger partial charge in [-0.2, -0.15) is 0 Å². The number of carbonyl (C=O) groups is 1. The van der Waals surface area contributed by atoms with Gasteiger partial charge in [0.25, 0.3) is 0 Å². The molecule has 1 saturated carbocycles. The third-order valence-corrected chi connectivity index (χ3v) is 3.91. The average Bonchev–Trinajstić information content (AvgIpc) is 2.58. The zero-order valence-electron chi connectivity index (χ0n) is 10.4. The molecule has 1 aliphatic rings. The van der Waals surface area contributed by atoms with E-state index in [1.807, 2.05) is 31.2 Å². The molecule has 1 nitrogen and oxygen atoms in total. The quantitative estimate of drug-likeness (QED) is 0.683. The van der Waals surface area contributed by atoms with Gasteiger partial charge in [0, 0.05) is 11.5 Å². The van der Waals surface area contributed by atoms with Gasteiger partial charge in [-0.05, 0) is 25.2 Å². The number of hydrogen-bond donors (Lipinski definition) is 0. The minimum Gasteiger partial charge on any atom is -0.294 e. The Labute approximate surface area is 97.9 Å². The molecule has 1 aliphatic carbocycles. The first-order valence-electron chi connectivity index (χ1n) is 6.11. The lowest BCUT2D eigenvalue weighted by atomic mass is 9.78. The van der Waals surface area contributed by atoms with Crippen molar-refractivity contribution < 1.29 is 4.79 Å². The van der Waals surface area contributed by atoms with Crippen LogP contribution in [-0.4, -0.2) is 5.78 Å². The van der Waals surface area contributed by atoms with Gasteiger partial charge in [0.05, 0.1) is 0 Å². The summed E-state index contributed by atoms with van der Waals surface area (Å²) in [5.41, 5.74) is 2.27. The summed E-state index contributed by atoms with van der Waals surface area (Å²) in [6.45, 7) is 6.49. The maximum Gasteiger partial charge on any atom is 0.166 e. The standard InChI is InChI=1S/C15H20O/c1-11-6-8-12(9-7-11)14(16)13-5-4-10-15(13,2)3/h6-9,13H,4-5,10H2,1-3H3. The predicted molar refractivity (Wildman–Crippen MR) is 66.6 cm³/mol. The van der Waals surface area contributed by atoms with E-state index in [4.69, 9.17) is 0 Å². The second-order valence-electron chi connectivity index (χ2n) is 5.66. The Morgan fingerprint density at radius 2 is 1.88 bits per heavy atom. The molecule has 0 heterocycles. The Balaban J connectivity index is 2.22. The molecule has 1 atom stereocenters. The fourth-order valence-electron chi connectivity index (χ4n) is 2.73. The molecular formula is C15H20O. The Hall–Kier alpha value is -1.11. The first-order valence-corrected chi connectivity index (χ1v) is 6.11. The smallest absolute Gasteiger partial charge is 0.166 e. The summed E-state index contributed by atoms with van der Waals surface area (Å²) >= 11 is 0. The van der Waals surface area contributed by atoms with Crippen LogP contribution in [0.2, 0.25) is 0 Å². The van der Waals surface area contributed by atoms with Crippen molar-refractivity contribution in [1.82, 2.24) is 0 Å². The van der Waals surface area contributed by atoms with E-state index >= 15 is 0 Å². The number of carbonyl (C=O) groups excluding carboxylic acids is 1. The first-order chi connectivity index (χ1) is 7.50. The molecule has 86 valence electrons. The second kappa shape index (κ2) is 4.04. The molecule has 0 aromatic heterocycles. The molecule has 1 fully saturated rings. The average molecular weight is 216 g/mol.